The molecule has 0 saturated carbocycles. The molecule has 346 valence electrons. The summed E-state index contributed by atoms with van der Waals surface area (Å²) >= 11 is 0. The van der Waals surface area contributed by atoms with Gasteiger partial charge < -0.3 is 104 Å². The lowest BCUT2D eigenvalue weighted by Gasteiger charge is -2.41. The van der Waals surface area contributed by atoms with Crippen LogP contribution in [0.25, 0.3) is 55.0 Å². The van der Waals surface area contributed by atoms with E-state index in [9.17, 15) is 101 Å². The molecule has 7 aromatic rings. The molecule has 0 radical (unpaired) electrons. The molecule has 26 nitrogen and oxygen atoms in total. The Hall–Kier alpha value is -9.27. The van der Waals surface area contributed by atoms with Gasteiger partial charge >= 0.3 is 29.2 Å². The summed E-state index contributed by atoms with van der Waals surface area (Å²) in [5.74, 6) is -23.1. The van der Waals surface area contributed by atoms with E-state index in [0.29, 0.717) is 24.3 Å². The number of aliphatic hydroxyl groups is 2. The Bertz CT molecular complexity index is 3470. The Morgan fingerprint density at radius 2 is 0.955 bits per heavy atom. The summed E-state index contributed by atoms with van der Waals surface area (Å²) in [6, 6.07) is 1.89. The van der Waals surface area contributed by atoms with Crippen molar-refractivity contribution < 1.29 is 119 Å². The van der Waals surface area contributed by atoms with E-state index in [0.717, 1.165) is 0 Å². The summed E-state index contributed by atoms with van der Waals surface area (Å²) < 4.78 is 32.2. The first kappa shape index (κ1) is 43.0. The number of aromatic hydroxyl groups is 13. The zero-order valence-corrected chi connectivity index (χ0v) is 32.6. The van der Waals surface area contributed by atoms with Gasteiger partial charge in [0.1, 0.15) is 18.8 Å². The van der Waals surface area contributed by atoms with Crippen LogP contribution >= 0.6 is 0 Å². The van der Waals surface area contributed by atoms with Crippen LogP contribution in [0.3, 0.4) is 0 Å². The fourth-order valence-electron chi connectivity index (χ4n) is 8.03. The van der Waals surface area contributed by atoms with Gasteiger partial charge in [0, 0.05) is 33.0 Å². The van der Waals surface area contributed by atoms with Gasteiger partial charge in [-0.15, -0.1) is 0 Å². The Labute approximate surface area is 365 Å². The third-order valence-electron chi connectivity index (χ3n) is 11.1. The van der Waals surface area contributed by atoms with Crippen LogP contribution in [0.1, 0.15) is 31.1 Å². The number of hydrogen-bond acceptors (Lipinski definition) is 26. The van der Waals surface area contributed by atoms with Crippen LogP contribution in [-0.2, 0) is 18.9 Å². The highest BCUT2D eigenvalue weighted by Crippen LogP contribution is 2.58. The summed E-state index contributed by atoms with van der Waals surface area (Å²) in [5.41, 5.74) is -13.4. The monoisotopic (exact) mass is 934 g/mol. The molecule has 2 aliphatic heterocycles. The Morgan fingerprint density at radius 1 is 0.522 bits per heavy atom. The zero-order chi connectivity index (χ0) is 48.6. The van der Waals surface area contributed by atoms with Gasteiger partial charge in [-0.3, -0.25) is 0 Å². The Balaban J connectivity index is 1.39. The van der Waals surface area contributed by atoms with Crippen molar-refractivity contribution in [1.29, 1.82) is 0 Å². The summed E-state index contributed by atoms with van der Waals surface area (Å²) in [4.78, 5) is 70.2. The maximum atomic E-state index is 14.5. The largest absolute Gasteiger partial charge is 0.504 e. The number of phenolic OH excluding ortho intramolecular Hbond substituents is 13. The smallest absolute Gasteiger partial charge is 0.345 e. The van der Waals surface area contributed by atoms with E-state index >= 15 is 0 Å². The van der Waals surface area contributed by atoms with Crippen molar-refractivity contribution in [3.05, 3.63) is 61.8 Å². The highest BCUT2D eigenvalue weighted by molar-refractivity contribution is 6.29. The topological polar surface area (TPSA) is 452 Å². The number of fused-ring (bicyclic) bond motifs is 5. The molecule has 1 fully saturated rings. The van der Waals surface area contributed by atoms with Crippen molar-refractivity contribution in [1.82, 2.24) is 0 Å². The molecule has 0 amide bonds. The normalized spacial score (nSPS) is 19.6. The minimum Gasteiger partial charge on any atom is -0.504 e. The lowest BCUT2D eigenvalue weighted by molar-refractivity contribution is -0.285. The van der Waals surface area contributed by atoms with E-state index in [1.165, 1.54) is 0 Å². The second-order valence-electron chi connectivity index (χ2n) is 14.9. The number of phenols is 13. The Morgan fingerprint density at radius 3 is 1.43 bits per heavy atom. The van der Waals surface area contributed by atoms with Gasteiger partial charge in [0.15, 0.2) is 81.4 Å². The zero-order valence-electron chi connectivity index (χ0n) is 32.6. The molecule has 2 aromatic heterocycles. The number of carbonyl (C=O) groups is 3. The second-order valence-corrected chi connectivity index (χ2v) is 14.9. The summed E-state index contributed by atoms with van der Waals surface area (Å²) in [6.45, 7) is -1.32. The van der Waals surface area contributed by atoms with Gasteiger partial charge in [-0.05, 0) is 24.3 Å². The van der Waals surface area contributed by atoms with Gasteiger partial charge in [-0.25, -0.2) is 24.0 Å². The highest BCUT2D eigenvalue weighted by atomic mass is 16.7. The minimum atomic E-state index is -2.47. The fraction of sp³-hybridized carbons (Fsp3) is 0.146. The molecule has 0 aliphatic carbocycles. The van der Waals surface area contributed by atoms with Gasteiger partial charge in [-0.2, -0.15) is 0 Å². The molecule has 67 heavy (non-hydrogen) atoms. The summed E-state index contributed by atoms with van der Waals surface area (Å²) in [6.07, 6.45) is -11.9. The van der Waals surface area contributed by atoms with Crippen molar-refractivity contribution in [3.8, 4) is 97.0 Å². The van der Waals surface area contributed by atoms with Gasteiger partial charge in [0.05, 0.1) is 27.5 Å². The fourth-order valence-corrected chi connectivity index (χ4v) is 8.03. The number of carbonyl (C=O) groups excluding carboxylic acids is 3. The first-order valence-electron chi connectivity index (χ1n) is 18.7. The number of cyclic esters (lactones) is 1. The molecule has 6 bridgehead atoms. The van der Waals surface area contributed by atoms with Gasteiger partial charge in [-0.1, -0.05) is 0 Å². The third-order valence-corrected chi connectivity index (χ3v) is 11.1. The number of rotatable bonds is 2. The molecule has 0 spiro atoms. The molecular weight excluding hydrogens is 908 g/mol. The van der Waals surface area contributed by atoms with E-state index in [-0.39, 0.29) is 0 Å². The standard InChI is InChI=1S/C41H26O26/c42-9-1-6(2-10(43)22(9)46)36(56)67-35-31(55)41(61)63-13-5-62-37(57)7-3-11(44)23(47)25(49)14(7)16-20-18-19-21(40(60)66-33(18)29(53)27(16)51)17(28(52)30(54)34(19)65-39(20)59)15-8(38(58)64-32(13)35)4-12(45)24(48)26(15)50/h1-4,13,31-32,35,41-55,61H,5H2/t13-,31-,32-,35-,41-/m1/s1. The lowest BCUT2D eigenvalue weighted by atomic mass is 9.88. The number of benzene rings is 5. The molecule has 5 aromatic carbocycles. The predicted molar refractivity (Wildman–Crippen MR) is 212 cm³/mol. The van der Waals surface area contributed by atoms with E-state index in [1.807, 2.05) is 0 Å². The SMILES string of the molecule is O=C(O[C@@H]1[C@@H](O)[C@H](O)O[C@@H]2COC(=O)c3cc(O)c(O)c(O)c3-c3c(O)c(O)c4oc(=O)c5c(c(O)c(O)c6oc(=O)c3c4c65)-c3c(cc(O)c(O)c3O)C(=O)O[C@@H]12)c1cc(O)c(O)c(O)c1. The summed E-state index contributed by atoms with van der Waals surface area (Å²) in [5, 5.41) is 159. The average Bonchev–Trinajstić information content (AvgIpc) is 3.28. The predicted octanol–water partition coefficient (Wildman–Crippen LogP) is 0.997. The van der Waals surface area contributed by atoms with Crippen LogP contribution in [0.4, 0.5) is 0 Å². The molecule has 1 saturated heterocycles. The van der Waals surface area contributed by atoms with Crippen molar-refractivity contribution in [2.24, 2.45) is 0 Å². The second kappa shape index (κ2) is 14.6. The van der Waals surface area contributed by atoms with Gasteiger partial charge in [0.2, 0.25) is 23.0 Å². The number of aliphatic hydroxyl groups excluding tert-OH is 2. The maximum absolute atomic E-state index is 14.5. The molecule has 5 atom stereocenters. The van der Waals surface area contributed by atoms with Crippen LogP contribution in [0.15, 0.2) is 42.7 Å². The van der Waals surface area contributed by atoms with Gasteiger partial charge in [0.25, 0.3) is 0 Å². The van der Waals surface area contributed by atoms with Crippen LogP contribution in [0.2, 0.25) is 0 Å². The number of hydrogen-bond donors (Lipinski definition) is 15. The molecular formula is C41H26O26. The molecule has 2 aliphatic rings. The van der Waals surface area contributed by atoms with Crippen LogP contribution in [0.5, 0.6) is 74.7 Å². The molecule has 0 unspecified atom stereocenters. The molecule has 4 heterocycles. The van der Waals surface area contributed by atoms with Crippen LogP contribution in [0, 0.1) is 0 Å². The lowest BCUT2D eigenvalue weighted by Crippen LogP contribution is -2.61. The third kappa shape index (κ3) is 6.04. The molecule has 15 N–H and O–H groups in total. The number of ether oxygens (including phenoxy) is 4. The summed E-state index contributed by atoms with van der Waals surface area (Å²) in [7, 11) is 0. The maximum Gasteiger partial charge on any atom is 0.345 e. The van der Waals surface area contributed by atoms with Crippen LogP contribution in [-0.4, -0.2) is 132 Å². The number of esters is 3. The average molecular weight is 935 g/mol. The minimum absolute atomic E-state index is 0.352. The highest BCUT2D eigenvalue weighted by Gasteiger charge is 2.51. The van der Waals surface area contributed by atoms with Crippen molar-refractivity contribution in [3.63, 3.8) is 0 Å². The van der Waals surface area contributed by atoms with E-state index in [2.05, 4.69) is 0 Å². The van der Waals surface area contributed by atoms with Crippen molar-refractivity contribution in [2.45, 2.75) is 30.7 Å². The van der Waals surface area contributed by atoms with Crippen LogP contribution < -0.4 is 11.3 Å². The molecule has 26 heteroatoms. The van der Waals surface area contributed by atoms with E-state index < -0.39 is 213 Å². The van der Waals surface area contributed by atoms with E-state index in [4.69, 9.17) is 27.8 Å². The molecule has 9 rings (SSSR count). The first-order valence-corrected chi connectivity index (χ1v) is 18.7. The first-order chi connectivity index (χ1) is 31.5. The Kier molecular flexibility index (Phi) is 9.39. The van der Waals surface area contributed by atoms with Crippen molar-refractivity contribution in [2.75, 3.05) is 6.61 Å². The van der Waals surface area contributed by atoms with Crippen molar-refractivity contribution >= 4 is 50.6 Å². The quantitative estimate of drug-likeness (QED) is 0.0378. The van der Waals surface area contributed by atoms with E-state index in [1.54, 1.807) is 0 Å².